The molecule has 2 rings (SSSR count). The van der Waals surface area contributed by atoms with E-state index in [9.17, 15) is 19.4 Å². The fourth-order valence-electron chi connectivity index (χ4n) is 2.21. The number of aliphatic hydroxyl groups excluding tert-OH is 2. The van der Waals surface area contributed by atoms with Crippen LogP contribution in [0.5, 0.6) is 0 Å². The molecule has 1 saturated heterocycles. The van der Waals surface area contributed by atoms with Crippen molar-refractivity contribution in [1.82, 2.24) is 4.90 Å². The number of carbonyl (C=O) groups is 1. The summed E-state index contributed by atoms with van der Waals surface area (Å²) in [5.41, 5.74) is 0.989. The summed E-state index contributed by atoms with van der Waals surface area (Å²) in [6.45, 7) is 1.18. The number of rotatable bonds is 4. The Labute approximate surface area is 115 Å². The highest BCUT2D eigenvalue weighted by Gasteiger charge is 2.29. The molecule has 20 heavy (non-hydrogen) atoms. The molecular weight excluding hydrogens is 265 g/mol. The Morgan fingerprint density at radius 2 is 2.00 bits per heavy atom. The lowest BCUT2D eigenvalue weighted by Crippen LogP contribution is -2.22. The van der Waals surface area contributed by atoms with E-state index < -0.39 is 24.0 Å². The van der Waals surface area contributed by atoms with Gasteiger partial charge < -0.3 is 15.3 Å². The Balaban J connectivity index is 2.09. The van der Waals surface area contributed by atoms with Gasteiger partial charge in [-0.3, -0.25) is 4.90 Å². The first kappa shape index (κ1) is 14.6. The van der Waals surface area contributed by atoms with E-state index in [1.807, 2.05) is 4.90 Å². The van der Waals surface area contributed by atoms with Crippen LogP contribution in [-0.4, -0.2) is 51.5 Å². The molecule has 2 atom stereocenters. The average molecular weight is 281 g/mol. The smallest absolute Gasteiger partial charge is 0.328 e. The summed E-state index contributed by atoms with van der Waals surface area (Å²) in [7, 11) is 0. The standard InChI is InChI=1S/C14H16FNO4/c15-11-3-1-9(5-10(11)2-4-14(19)20)6-16-7-12(17)13(18)8-16/h1-5,12-13,17-18H,6-8H2,(H,19,20)/b4-2+. The molecule has 0 spiro atoms. The third kappa shape index (κ3) is 3.63. The largest absolute Gasteiger partial charge is 0.478 e. The van der Waals surface area contributed by atoms with Gasteiger partial charge in [0.15, 0.2) is 0 Å². The Kier molecular flexibility index (Phi) is 4.49. The fourth-order valence-corrected chi connectivity index (χ4v) is 2.21. The summed E-state index contributed by atoms with van der Waals surface area (Å²) in [5.74, 6) is -1.63. The van der Waals surface area contributed by atoms with Gasteiger partial charge in [-0.25, -0.2) is 9.18 Å². The van der Waals surface area contributed by atoms with Gasteiger partial charge in [0.1, 0.15) is 5.82 Å². The molecule has 1 aliphatic rings. The molecule has 1 aliphatic heterocycles. The summed E-state index contributed by atoms with van der Waals surface area (Å²) in [5, 5.41) is 27.5. The summed E-state index contributed by atoms with van der Waals surface area (Å²) < 4.78 is 13.5. The first-order chi connectivity index (χ1) is 9.45. The molecule has 0 bridgehead atoms. The number of β-amino-alcohol motifs (C(OH)–C–C–N with tert-alkyl or cyclic N) is 2. The monoisotopic (exact) mass is 281 g/mol. The van der Waals surface area contributed by atoms with Crippen LogP contribution in [0.15, 0.2) is 24.3 Å². The SMILES string of the molecule is O=C(O)/C=C/c1cc(CN2CC(O)C(O)C2)ccc1F. The minimum absolute atomic E-state index is 0.199. The van der Waals surface area contributed by atoms with Crippen LogP contribution >= 0.6 is 0 Å². The first-order valence-electron chi connectivity index (χ1n) is 6.23. The Bertz CT molecular complexity index is 522. The third-order valence-corrected chi connectivity index (χ3v) is 3.21. The van der Waals surface area contributed by atoms with Gasteiger partial charge in [-0.1, -0.05) is 6.07 Å². The lowest BCUT2D eigenvalue weighted by molar-refractivity contribution is -0.131. The summed E-state index contributed by atoms with van der Waals surface area (Å²) in [4.78, 5) is 12.3. The Hall–Kier alpha value is -1.76. The molecule has 1 heterocycles. The molecule has 1 aromatic carbocycles. The number of likely N-dealkylation sites (tertiary alicyclic amines) is 1. The highest BCUT2D eigenvalue weighted by molar-refractivity contribution is 5.85. The average Bonchev–Trinajstić information content (AvgIpc) is 2.69. The van der Waals surface area contributed by atoms with Crippen molar-refractivity contribution >= 4 is 12.0 Å². The number of nitrogens with zero attached hydrogens (tertiary/aromatic N) is 1. The molecule has 6 heteroatoms. The van der Waals surface area contributed by atoms with Gasteiger partial charge in [0.2, 0.25) is 0 Å². The van der Waals surface area contributed by atoms with E-state index in [2.05, 4.69) is 0 Å². The van der Waals surface area contributed by atoms with E-state index in [-0.39, 0.29) is 5.56 Å². The number of benzene rings is 1. The lowest BCUT2D eigenvalue weighted by atomic mass is 10.1. The van der Waals surface area contributed by atoms with Crippen LogP contribution in [0.2, 0.25) is 0 Å². The van der Waals surface area contributed by atoms with Crippen LogP contribution in [0.25, 0.3) is 6.08 Å². The molecule has 1 aromatic rings. The molecule has 3 N–H and O–H groups in total. The van der Waals surface area contributed by atoms with Crippen molar-refractivity contribution in [2.24, 2.45) is 0 Å². The van der Waals surface area contributed by atoms with Gasteiger partial charge in [0.25, 0.3) is 0 Å². The van der Waals surface area contributed by atoms with Gasteiger partial charge in [-0.2, -0.15) is 0 Å². The highest BCUT2D eigenvalue weighted by atomic mass is 19.1. The number of hydrogen-bond donors (Lipinski definition) is 3. The topological polar surface area (TPSA) is 81.0 Å². The third-order valence-electron chi connectivity index (χ3n) is 3.21. The predicted octanol–water partition coefficient (Wildman–Crippen LogP) is 0.461. The Morgan fingerprint density at radius 3 is 2.60 bits per heavy atom. The van der Waals surface area contributed by atoms with Crippen LogP contribution < -0.4 is 0 Å². The van der Waals surface area contributed by atoms with Gasteiger partial charge in [0.05, 0.1) is 12.2 Å². The maximum absolute atomic E-state index is 13.5. The molecule has 1 fully saturated rings. The van der Waals surface area contributed by atoms with Crippen LogP contribution in [0, 0.1) is 5.82 Å². The molecule has 0 amide bonds. The number of carboxylic acid groups (broad SMARTS) is 1. The van der Waals surface area contributed by atoms with Gasteiger partial charge in [0, 0.05) is 31.3 Å². The van der Waals surface area contributed by atoms with Crippen LogP contribution in [0.3, 0.4) is 0 Å². The minimum Gasteiger partial charge on any atom is -0.478 e. The molecule has 0 aliphatic carbocycles. The van der Waals surface area contributed by atoms with Crippen molar-refractivity contribution < 1.29 is 24.5 Å². The number of hydrogen-bond acceptors (Lipinski definition) is 4. The zero-order valence-electron chi connectivity index (χ0n) is 10.7. The van der Waals surface area contributed by atoms with Gasteiger partial charge in [-0.15, -0.1) is 0 Å². The summed E-state index contributed by atoms with van der Waals surface area (Å²) >= 11 is 0. The molecule has 0 radical (unpaired) electrons. The summed E-state index contributed by atoms with van der Waals surface area (Å²) in [6.07, 6.45) is 0.559. The first-order valence-corrected chi connectivity index (χ1v) is 6.23. The quantitative estimate of drug-likeness (QED) is 0.699. The normalized spacial score (nSPS) is 23.6. The van der Waals surface area contributed by atoms with Crippen molar-refractivity contribution in [2.45, 2.75) is 18.8 Å². The van der Waals surface area contributed by atoms with E-state index in [1.54, 1.807) is 12.1 Å². The van der Waals surface area contributed by atoms with E-state index >= 15 is 0 Å². The minimum atomic E-state index is -1.14. The van der Waals surface area contributed by atoms with E-state index in [0.29, 0.717) is 19.6 Å². The number of aliphatic hydroxyl groups is 2. The van der Waals surface area contributed by atoms with Crippen molar-refractivity contribution in [3.63, 3.8) is 0 Å². The molecule has 0 saturated carbocycles. The molecule has 0 aromatic heterocycles. The van der Waals surface area contributed by atoms with Gasteiger partial charge >= 0.3 is 5.97 Å². The Morgan fingerprint density at radius 1 is 1.35 bits per heavy atom. The zero-order chi connectivity index (χ0) is 14.7. The maximum Gasteiger partial charge on any atom is 0.328 e. The van der Waals surface area contributed by atoms with Crippen molar-refractivity contribution in [3.8, 4) is 0 Å². The van der Waals surface area contributed by atoms with Crippen molar-refractivity contribution in [2.75, 3.05) is 13.1 Å². The van der Waals surface area contributed by atoms with Crippen LogP contribution in [0.4, 0.5) is 4.39 Å². The van der Waals surface area contributed by atoms with Crippen LogP contribution in [-0.2, 0) is 11.3 Å². The molecule has 2 unspecified atom stereocenters. The van der Waals surface area contributed by atoms with E-state index in [0.717, 1.165) is 11.6 Å². The second kappa shape index (κ2) is 6.13. The van der Waals surface area contributed by atoms with Crippen molar-refractivity contribution in [1.29, 1.82) is 0 Å². The molecular formula is C14H16FNO4. The van der Waals surface area contributed by atoms with Crippen LogP contribution in [0.1, 0.15) is 11.1 Å². The van der Waals surface area contributed by atoms with E-state index in [4.69, 9.17) is 5.11 Å². The number of aliphatic carboxylic acids is 1. The maximum atomic E-state index is 13.5. The van der Waals surface area contributed by atoms with Crippen molar-refractivity contribution in [3.05, 3.63) is 41.2 Å². The van der Waals surface area contributed by atoms with Gasteiger partial charge in [-0.05, 0) is 23.8 Å². The number of halogens is 1. The van der Waals surface area contributed by atoms with E-state index in [1.165, 1.54) is 12.1 Å². The number of carboxylic acids is 1. The molecule has 5 nitrogen and oxygen atoms in total. The second-order valence-corrected chi connectivity index (χ2v) is 4.86. The fraction of sp³-hybridized carbons (Fsp3) is 0.357. The summed E-state index contributed by atoms with van der Waals surface area (Å²) in [6, 6.07) is 4.44. The molecule has 108 valence electrons. The highest BCUT2D eigenvalue weighted by Crippen LogP contribution is 2.17. The second-order valence-electron chi connectivity index (χ2n) is 4.86. The zero-order valence-corrected chi connectivity index (χ0v) is 10.7. The predicted molar refractivity (Wildman–Crippen MR) is 70.4 cm³/mol. The lowest BCUT2D eigenvalue weighted by Gasteiger charge is -2.15.